The van der Waals surface area contributed by atoms with Gasteiger partial charge in [0.1, 0.15) is 5.82 Å². The minimum absolute atomic E-state index is 0.551. The van der Waals surface area contributed by atoms with Gasteiger partial charge in [-0.15, -0.1) is 0 Å². The summed E-state index contributed by atoms with van der Waals surface area (Å²) in [6, 6.07) is 3.97. The van der Waals surface area contributed by atoms with Crippen molar-refractivity contribution in [3.63, 3.8) is 0 Å². The highest BCUT2D eigenvalue weighted by Gasteiger charge is 2.38. The molecule has 0 saturated heterocycles. The second-order valence-corrected chi connectivity index (χ2v) is 22.2. The largest absolute Gasteiger partial charge is 0.481 e. The lowest BCUT2D eigenvalue weighted by molar-refractivity contribution is -0.151. The first-order chi connectivity index (χ1) is 28.2. The Labute approximate surface area is 372 Å². The summed E-state index contributed by atoms with van der Waals surface area (Å²) in [5, 5.41) is 21.0. The number of nitrogens with two attached hydrogens (primary N) is 1. The number of carbonyl (C=O) groups is 2. The van der Waals surface area contributed by atoms with E-state index in [2.05, 4.69) is 43.6 Å². The van der Waals surface area contributed by atoms with Crippen molar-refractivity contribution in [1.29, 1.82) is 0 Å². The zero-order chi connectivity index (χ0) is 42.6. The van der Waals surface area contributed by atoms with Crippen LogP contribution in [0.1, 0.15) is 200 Å². The molecule has 1 aromatic rings. The molecular formula is C47H87N3O4S4. The normalized spacial score (nSPS) is 13.8. The van der Waals surface area contributed by atoms with Crippen LogP contribution in [0, 0.1) is 10.8 Å². The molecule has 0 aliphatic heterocycles. The van der Waals surface area contributed by atoms with Gasteiger partial charge in [0.25, 0.3) is 0 Å². The number of nitrogens with zero attached hydrogens (tertiary/aromatic N) is 2. The average Bonchev–Trinajstić information content (AvgIpc) is 3.21. The molecule has 2 atom stereocenters. The Kier molecular flexibility index (Phi) is 35.1. The Balaban J connectivity index is 2.73. The van der Waals surface area contributed by atoms with E-state index >= 15 is 0 Å². The van der Waals surface area contributed by atoms with Crippen LogP contribution in [-0.4, -0.2) is 74.7 Å². The summed E-state index contributed by atoms with van der Waals surface area (Å²) in [6.07, 6.45) is 30.1. The summed E-state index contributed by atoms with van der Waals surface area (Å²) < 4.78 is 0. The molecule has 0 amide bonds. The molecule has 0 saturated carbocycles. The van der Waals surface area contributed by atoms with Crippen molar-refractivity contribution in [2.24, 2.45) is 10.8 Å². The molecule has 0 aliphatic rings. The van der Waals surface area contributed by atoms with E-state index in [4.69, 9.17) is 5.73 Å². The van der Waals surface area contributed by atoms with E-state index in [9.17, 15) is 19.8 Å². The third-order valence-electron chi connectivity index (χ3n) is 11.9. The van der Waals surface area contributed by atoms with E-state index in [1.165, 1.54) is 56.9 Å². The first-order valence-corrected chi connectivity index (χ1v) is 28.5. The summed E-state index contributed by atoms with van der Waals surface area (Å²) >= 11 is 0. The van der Waals surface area contributed by atoms with Crippen LogP contribution in [0.4, 0.5) is 5.82 Å². The van der Waals surface area contributed by atoms with Crippen LogP contribution >= 0.6 is 43.2 Å². The Bertz CT molecular complexity index is 1070. The van der Waals surface area contributed by atoms with Crippen LogP contribution in [0.3, 0.4) is 0 Å². The molecule has 4 N–H and O–H groups in total. The Hall–Kier alpha value is -0.750. The smallest absolute Gasteiger partial charge is 0.309 e. The monoisotopic (exact) mass is 886 g/mol. The quantitative estimate of drug-likeness (QED) is 0.0430. The van der Waals surface area contributed by atoms with Crippen molar-refractivity contribution >= 4 is 60.9 Å². The van der Waals surface area contributed by atoms with Gasteiger partial charge in [0.2, 0.25) is 0 Å². The second kappa shape index (κ2) is 36.9. The van der Waals surface area contributed by atoms with E-state index in [0.717, 1.165) is 165 Å². The average molecular weight is 886 g/mol. The molecule has 0 aliphatic carbocycles. The van der Waals surface area contributed by atoms with E-state index in [1.54, 1.807) is 0 Å². The van der Waals surface area contributed by atoms with Gasteiger partial charge in [-0.3, -0.25) is 9.59 Å². The number of carboxylic acids is 2. The van der Waals surface area contributed by atoms with Gasteiger partial charge in [-0.05, 0) is 95.3 Å². The second-order valence-electron chi connectivity index (χ2n) is 16.8. The van der Waals surface area contributed by atoms with Gasteiger partial charge in [0.15, 0.2) is 0 Å². The third kappa shape index (κ3) is 26.6. The molecular weight excluding hydrogens is 799 g/mol. The van der Waals surface area contributed by atoms with Gasteiger partial charge in [-0.25, -0.2) is 4.98 Å². The van der Waals surface area contributed by atoms with Crippen LogP contribution < -0.4 is 5.73 Å². The topological polar surface area (TPSA) is 117 Å². The molecule has 1 aromatic heterocycles. The molecule has 0 aromatic carbocycles. The zero-order valence-corrected chi connectivity index (χ0v) is 40.9. The molecule has 11 heteroatoms. The number of hydrogen-bond acceptors (Lipinski definition) is 9. The SMILES string of the molecule is CCCCCCC(CCCCCCN(CCCCCCC(CCCCCC)(CCSSCCCC)C(=O)O)CCc1ccc(N)nc1)(CCSSCCCC)C(=O)O. The van der Waals surface area contributed by atoms with Crippen molar-refractivity contribution in [2.45, 2.75) is 201 Å². The van der Waals surface area contributed by atoms with Crippen molar-refractivity contribution in [3.8, 4) is 0 Å². The number of carboxylic acid groups (broad SMARTS) is 2. The Morgan fingerprint density at radius 1 is 0.534 bits per heavy atom. The van der Waals surface area contributed by atoms with Crippen LogP contribution in [0.15, 0.2) is 18.3 Å². The number of rotatable bonds is 43. The van der Waals surface area contributed by atoms with Crippen LogP contribution in [0.2, 0.25) is 0 Å². The van der Waals surface area contributed by atoms with Gasteiger partial charge in [-0.1, -0.05) is 180 Å². The lowest BCUT2D eigenvalue weighted by Gasteiger charge is -2.30. The maximum Gasteiger partial charge on any atom is 0.309 e. The highest BCUT2D eigenvalue weighted by atomic mass is 33.1. The molecule has 0 radical (unpaired) electrons. The Morgan fingerprint density at radius 3 is 1.31 bits per heavy atom. The number of nitrogen functional groups attached to an aromatic ring is 1. The third-order valence-corrected chi connectivity index (χ3v) is 16.9. The van der Waals surface area contributed by atoms with Gasteiger partial charge >= 0.3 is 11.9 Å². The molecule has 7 nitrogen and oxygen atoms in total. The van der Waals surface area contributed by atoms with Crippen LogP contribution in [-0.2, 0) is 16.0 Å². The van der Waals surface area contributed by atoms with Gasteiger partial charge in [0.05, 0.1) is 10.8 Å². The minimum atomic E-state index is -0.587. The lowest BCUT2D eigenvalue weighted by Crippen LogP contribution is -2.32. The highest BCUT2D eigenvalue weighted by molar-refractivity contribution is 8.77. The maximum atomic E-state index is 12.8. The number of pyridine rings is 1. The van der Waals surface area contributed by atoms with Gasteiger partial charge in [0, 0.05) is 35.8 Å². The molecule has 0 spiro atoms. The van der Waals surface area contributed by atoms with E-state index in [0.29, 0.717) is 5.82 Å². The van der Waals surface area contributed by atoms with Crippen molar-refractivity contribution in [1.82, 2.24) is 9.88 Å². The molecule has 0 bridgehead atoms. The molecule has 1 rings (SSSR count). The first-order valence-electron chi connectivity index (χ1n) is 23.6. The van der Waals surface area contributed by atoms with Crippen molar-refractivity contribution in [3.05, 3.63) is 23.9 Å². The summed E-state index contributed by atoms with van der Waals surface area (Å²) in [5.74, 6) is 3.53. The predicted molar refractivity (Wildman–Crippen MR) is 262 cm³/mol. The van der Waals surface area contributed by atoms with Crippen molar-refractivity contribution < 1.29 is 19.8 Å². The molecule has 58 heavy (non-hydrogen) atoms. The summed E-state index contributed by atoms with van der Waals surface area (Å²) in [4.78, 5) is 32.5. The maximum absolute atomic E-state index is 12.8. The first kappa shape index (κ1) is 55.3. The number of aliphatic carboxylic acids is 2. The van der Waals surface area contributed by atoms with Crippen molar-refractivity contribution in [2.75, 3.05) is 48.4 Å². The van der Waals surface area contributed by atoms with E-state index < -0.39 is 22.8 Å². The van der Waals surface area contributed by atoms with E-state index in [-0.39, 0.29) is 0 Å². The van der Waals surface area contributed by atoms with E-state index in [1.807, 2.05) is 55.4 Å². The van der Waals surface area contributed by atoms with Crippen LogP contribution in [0.5, 0.6) is 0 Å². The van der Waals surface area contributed by atoms with Crippen LogP contribution in [0.25, 0.3) is 0 Å². The molecule has 338 valence electrons. The fourth-order valence-corrected chi connectivity index (χ4v) is 12.7. The fraction of sp³-hybridized carbons (Fsp3) is 0.851. The molecule has 0 fully saturated rings. The standard InChI is InChI=1S/C47H87N3O4S4/c1-5-9-13-19-28-46(44(51)52,32-39-57-55-37-11-7-3)30-21-15-17-23-34-50(36-27-42-25-26-43(48)49-41-42)35-24-18-16-22-31-47(45(53)54,29-20-14-10-6-2)33-40-58-56-38-12-8-4/h25-26,41H,5-24,27-40H2,1-4H3,(H2,48,49)(H,51,52)(H,53,54). The highest BCUT2D eigenvalue weighted by Crippen LogP contribution is 2.40. The number of aromatic nitrogens is 1. The molecule has 1 heterocycles. The zero-order valence-electron chi connectivity index (χ0n) is 37.6. The minimum Gasteiger partial charge on any atom is -0.481 e. The predicted octanol–water partition coefficient (Wildman–Crippen LogP) is 14.6. The fourth-order valence-electron chi connectivity index (χ4n) is 7.80. The Morgan fingerprint density at radius 2 is 0.931 bits per heavy atom. The molecule has 2 unspecified atom stereocenters. The lowest BCUT2D eigenvalue weighted by atomic mass is 9.75. The number of unbranched alkanes of at least 4 members (excludes halogenated alkanes) is 14. The van der Waals surface area contributed by atoms with Gasteiger partial charge in [-0.2, -0.15) is 0 Å². The summed E-state index contributed by atoms with van der Waals surface area (Å²) in [7, 11) is 7.56. The number of hydrogen-bond donors (Lipinski definition) is 3. The summed E-state index contributed by atoms with van der Waals surface area (Å²) in [5.41, 5.74) is 5.89. The summed E-state index contributed by atoms with van der Waals surface area (Å²) in [6.45, 7) is 11.9. The number of anilines is 1. The van der Waals surface area contributed by atoms with Gasteiger partial charge < -0.3 is 20.8 Å².